The molecule has 2 atom stereocenters. The first-order valence-electron chi connectivity index (χ1n) is 6.30. The fourth-order valence-electron chi connectivity index (χ4n) is 1.86. The normalized spacial score (nSPS) is 23.3. The standard InChI is InChI=1S/C14H21N3/c1-11-10-13(11)17-14(15-2)16-9-8-12-6-4-3-5-7-12/h3-7,11,13H,8-10H2,1-2H3,(H2,15,16,17). The monoisotopic (exact) mass is 231 g/mol. The van der Waals surface area contributed by atoms with Gasteiger partial charge in [-0.1, -0.05) is 37.3 Å². The third-order valence-electron chi connectivity index (χ3n) is 3.20. The number of nitrogens with zero attached hydrogens (tertiary/aromatic N) is 1. The van der Waals surface area contributed by atoms with E-state index in [0.29, 0.717) is 6.04 Å². The third kappa shape index (κ3) is 3.77. The number of aliphatic imine (C=N–C) groups is 1. The fourth-order valence-corrected chi connectivity index (χ4v) is 1.86. The van der Waals surface area contributed by atoms with Crippen LogP contribution in [0.1, 0.15) is 18.9 Å². The zero-order valence-corrected chi connectivity index (χ0v) is 10.6. The van der Waals surface area contributed by atoms with Gasteiger partial charge in [-0.15, -0.1) is 0 Å². The van der Waals surface area contributed by atoms with E-state index in [1.54, 1.807) is 0 Å². The Labute approximate surface area is 103 Å². The summed E-state index contributed by atoms with van der Waals surface area (Å²) < 4.78 is 0. The zero-order chi connectivity index (χ0) is 12.1. The Morgan fingerprint density at radius 2 is 2.06 bits per heavy atom. The van der Waals surface area contributed by atoms with Crippen molar-refractivity contribution in [2.75, 3.05) is 13.6 Å². The molecule has 1 fully saturated rings. The van der Waals surface area contributed by atoms with E-state index in [4.69, 9.17) is 0 Å². The average Bonchev–Trinajstić information content (AvgIpc) is 3.05. The summed E-state index contributed by atoms with van der Waals surface area (Å²) in [4.78, 5) is 4.23. The molecular formula is C14H21N3. The van der Waals surface area contributed by atoms with E-state index in [0.717, 1.165) is 24.8 Å². The van der Waals surface area contributed by atoms with Crippen LogP contribution in [0.4, 0.5) is 0 Å². The Morgan fingerprint density at radius 1 is 1.35 bits per heavy atom. The summed E-state index contributed by atoms with van der Waals surface area (Å²) in [6.45, 7) is 3.18. The third-order valence-corrected chi connectivity index (χ3v) is 3.20. The molecule has 1 aromatic carbocycles. The molecule has 0 aromatic heterocycles. The van der Waals surface area contributed by atoms with Crippen molar-refractivity contribution in [2.24, 2.45) is 10.9 Å². The van der Waals surface area contributed by atoms with Crippen LogP contribution in [0.15, 0.2) is 35.3 Å². The topological polar surface area (TPSA) is 36.4 Å². The van der Waals surface area contributed by atoms with Gasteiger partial charge in [-0.05, 0) is 24.3 Å². The van der Waals surface area contributed by atoms with Crippen LogP contribution in [0, 0.1) is 5.92 Å². The van der Waals surface area contributed by atoms with Crippen molar-refractivity contribution in [3.63, 3.8) is 0 Å². The van der Waals surface area contributed by atoms with Crippen molar-refractivity contribution in [1.29, 1.82) is 0 Å². The molecule has 2 unspecified atom stereocenters. The van der Waals surface area contributed by atoms with Gasteiger partial charge >= 0.3 is 0 Å². The Bertz CT molecular complexity index is 372. The molecule has 3 nitrogen and oxygen atoms in total. The molecule has 1 aliphatic carbocycles. The number of rotatable bonds is 4. The van der Waals surface area contributed by atoms with Crippen molar-refractivity contribution in [3.8, 4) is 0 Å². The number of nitrogens with one attached hydrogen (secondary N) is 2. The maximum Gasteiger partial charge on any atom is 0.191 e. The number of hydrogen-bond acceptors (Lipinski definition) is 1. The van der Waals surface area contributed by atoms with Crippen LogP contribution in [0.25, 0.3) is 0 Å². The van der Waals surface area contributed by atoms with Gasteiger partial charge in [-0.3, -0.25) is 4.99 Å². The molecule has 0 heterocycles. The van der Waals surface area contributed by atoms with E-state index in [9.17, 15) is 0 Å². The summed E-state index contributed by atoms with van der Waals surface area (Å²) in [5.74, 6) is 1.72. The lowest BCUT2D eigenvalue weighted by atomic mass is 10.1. The molecule has 0 spiro atoms. The zero-order valence-electron chi connectivity index (χ0n) is 10.6. The first-order valence-corrected chi connectivity index (χ1v) is 6.30. The molecular weight excluding hydrogens is 210 g/mol. The van der Waals surface area contributed by atoms with Crippen LogP contribution in [0.3, 0.4) is 0 Å². The molecule has 2 rings (SSSR count). The van der Waals surface area contributed by atoms with Crippen LogP contribution < -0.4 is 10.6 Å². The lowest BCUT2D eigenvalue weighted by Crippen LogP contribution is -2.39. The molecule has 17 heavy (non-hydrogen) atoms. The predicted molar refractivity (Wildman–Crippen MR) is 72.2 cm³/mol. The van der Waals surface area contributed by atoms with Gasteiger partial charge in [0.15, 0.2) is 5.96 Å². The summed E-state index contributed by atoms with van der Waals surface area (Å²) in [6.07, 6.45) is 2.29. The number of benzene rings is 1. The van der Waals surface area contributed by atoms with Crippen molar-refractivity contribution >= 4 is 5.96 Å². The highest BCUT2D eigenvalue weighted by Gasteiger charge is 2.32. The maximum atomic E-state index is 4.23. The van der Waals surface area contributed by atoms with Gasteiger partial charge in [0.25, 0.3) is 0 Å². The lowest BCUT2D eigenvalue weighted by Gasteiger charge is -2.11. The largest absolute Gasteiger partial charge is 0.356 e. The number of guanidine groups is 1. The average molecular weight is 231 g/mol. The van der Waals surface area contributed by atoms with Gasteiger partial charge in [0.05, 0.1) is 0 Å². The summed E-state index contributed by atoms with van der Waals surface area (Å²) in [7, 11) is 1.82. The molecule has 92 valence electrons. The Balaban J connectivity index is 1.70. The molecule has 1 aliphatic rings. The van der Waals surface area contributed by atoms with Gasteiger partial charge in [-0.25, -0.2) is 0 Å². The van der Waals surface area contributed by atoms with E-state index in [1.165, 1.54) is 12.0 Å². The lowest BCUT2D eigenvalue weighted by molar-refractivity contribution is 0.758. The summed E-state index contributed by atoms with van der Waals surface area (Å²) >= 11 is 0. The van der Waals surface area contributed by atoms with Crippen LogP contribution in [0.2, 0.25) is 0 Å². The Kier molecular flexibility index (Phi) is 4.02. The SMILES string of the molecule is CN=C(NCCc1ccccc1)NC1CC1C. The second-order valence-corrected chi connectivity index (χ2v) is 4.70. The molecule has 3 heteroatoms. The van der Waals surface area contributed by atoms with Gasteiger partial charge in [0.1, 0.15) is 0 Å². The van der Waals surface area contributed by atoms with Crippen molar-refractivity contribution < 1.29 is 0 Å². The van der Waals surface area contributed by atoms with Crippen molar-refractivity contribution in [3.05, 3.63) is 35.9 Å². The van der Waals surface area contributed by atoms with Crippen molar-refractivity contribution in [2.45, 2.75) is 25.8 Å². The summed E-state index contributed by atoms with van der Waals surface area (Å²) in [5, 5.41) is 6.76. The molecule has 0 radical (unpaired) electrons. The van der Waals surface area contributed by atoms with E-state index in [1.807, 2.05) is 13.1 Å². The molecule has 0 bridgehead atoms. The van der Waals surface area contributed by atoms with Crippen LogP contribution in [-0.4, -0.2) is 25.6 Å². The van der Waals surface area contributed by atoms with Crippen LogP contribution >= 0.6 is 0 Å². The highest BCUT2D eigenvalue weighted by atomic mass is 15.2. The molecule has 2 N–H and O–H groups in total. The Morgan fingerprint density at radius 3 is 2.65 bits per heavy atom. The molecule has 0 amide bonds. The van der Waals surface area contributed by atoms with E-state index in [-0.39, 0.29) is 0 Å². The highest BCUT2D eigenvalue weighted by molar-refractivity contribution is 5.80. The maximum absolute atomic E-state index is 4.23. The molecule has 0 aliphatic heterocycles. The summed E-state index contributed by atoms with van der Waals surface area (Å²) in [6, 6.07) is 11.1. The number of hydrogen-bond donors (Lipinski definition) is 2. The smallest absolute Gasteiger partial charge is 0.191 e. The molecule has 1 aromatic rings. The second-order valence-electron chi connectivity index (χ2n) is 4.70. The van der Waals surface area contributed by atoms with Gasteiger partial charge in [0, 0.05) is 19.6 Å². The molecule has 1 saturated carbocycles. The van der Waals surface area contributed by atoms with Crippen LogP contribution in [0.5, 0.6) is 0 Å². The highest BCUT2D eigenvalue weighted by Crippen LogP contribution is 2.28. The predicted octanol–water partition coefficient (Wildman–Crippen LogP) is 1.80. The van der Waals surface area contributed by atoms with Gasteiger partial charge in [0.2, 0.25) is 0 Å². The Hall–Kier alpha value is -1.51. The summed E-state index contributed by atoms with van der Waals surface area (Å²) in [5.41, 5.74) is 1.36. The first-order chi connectivity index (χ1) is 8.29. The quantitative estimate of drug-likeness (QED) is 0.612. The van der Waals surface area contributed by atoms with E-state index < -0.39 is 0 Å². The van der Waals surface area contributed by atoms with Crippen molar-refractivity contribution in [1.82, 2.24) is 10.6 Å². The first kappa shape index (κ1) is 12.0. The fraction of sp³-hybridized carbons (Fsp3) is 0.500. The van der Waals surface area contributed by atoms with Gasteiger partial charge in [-0.2, -0.15) is 0 Å². The second kappa shape index (κ2) is 5.71. The minimum Gasteiger partial charge on any atom is -0.356 e. The van der Waals surface area contributed by atoms with E-state index in [2.05, 4.69) is 46.8 Å². The minimum atomic E-state index is 0.623. The molecule has 0 saturated heterocycles. The van der Waals surface area contributed by atoms with E-state index >= 15 is 0 Å². The van der Waals surface area contributed by atoms with Crippen LogP contribution in [-0.2, 0) is 6.42 Å². The van der Waals surface area contributed by atoms with Gasteiger partial charge < -0.3 is 10.6 Å². The minimum absolute atomic E-state index is 0.623.